The van der Waals surface area contributed by atoms with Crippen LogP contribution in [0.2, 0.25) is 0 Å². The molecule has 4 rings (SSSR count). The lowest BCUT2D eigenvalue weighted by Gasteiger charge is -2.16. The van der Waals surface area contributed by atoms with E-state index >= 15 is 0 Å². The molecule has 0 aliphatic heterocycles. The monoisotopic (exact) mass is 174 g/mol. The van der Waals surface area contributed by atoms with Crippen molar-refractivity contribution in [3.05, 3.63) is 0 Å². The van der Waals surface area contributed by atoms with Gasteiger partial charge in [-0.2, -0.15) is 0 Å². The van der Waals surface area contributed by atoms with Gasteiger partial charge in [0.2, 0.25) is 0 Å². The molecule has 12 heavy (non-hydrogen) atoms. The van der Waals surface area contributed by atoms with Crippen LogP contribution in [-0.4, -0.2) is 17.0 Å². The average Bonchev–Trinajstić information content (AvgIpc) is 2.28. The second-order valence-corrected chi connectivity index (χ2v) is 4.15. The van der Waals surface area contributed by atoms with E-state index in [9.17, 15) is 13.6 Å². The normalized spacial score (nSPS) is 57.3. The number of hydrogen-bond donors (Lipinski definition) is 1. The van der Waals surface area contributed by atoms with Crippen LogP contribution in [0, 0.1) is 29.6 Å². The summed E-state index contributed by atoms with van der Waals surface area (Å²) in [5, 5.41) is 8.71. The van der Waals surface area contributed by atoms with Gasteiger partial charge in [0, 0.05) is 11.8 Å². The highest BCUT2D eigenvalue weighted by Crippen LogP contribution is 2.78. The molecule has 2 unspecified atom stereocenters. The SMILES string of the molecule is O=C(O)[C@@H]1C2C3C[C@H]1C(F)(F)[C@@H]32. The second kappa shape index (κ2) is 1.52. The maximum Gasteiger partial charge on any atom is 0.307 e. The molecule has 0 spiro atoms. The van der Waals surface area contributed by atoms with E-state index in [4.69, 9.17) is 5.11 Å². The lowest BCUT2D eigenvalue weighted by atomic mass is 9.97. The predicted octanol–water partition coefficient (Wildman–Crippen LogP) is 1.22. The van der Waals surface area contributed by atoms with Crippen LogP contribution in [0.5, 0.6) is 0 Å². The molecule has 4 bridgehead atoms. The first kappa shape index (κ1) is 6.80. The van der Waals surface area contributed by atoms with Crippen molar-refractivity contribution in [3.8, 4) is 0 Å². The van der Waals surface area contributed by atoms with Gasteiger partial charge in [0.1, 0.15) is 0 Å². The number of hydrogen-bond acceptors (Lipinski definition) is 1. The molecule has 0 amide bonds. The summed E-state index contributed by atoms with van der Waals surface area (Å²) in [6.07, 6.45) is 0.444. The Morgan fingerprint density at radius 3 is 2.33 bits per heavy atom. The largest absolute Gasteiger partial charge is 0.481 e. The Labute approximate surface area is 67.6 Å². The summed E-state index contributed by atoms with van der Waals surface area (Å²) < 4.78 is 26.3. The van der Waals surface area contributed by atoms with Crippen LogP contribution in [-0.2, 0) is 4.79 Å². The van der Waals surface area contributed by atoms with Crippen LogP contribution in [0.4, 0.5) is 8.78 Å². The van der Waals surface area contributed by atoms with Crippen LogP contribution in [0.1, 0.15) is 6.42 Å². The summed E-state index contributed by atoms with van der Waals surface area (Å²) in [6, 6.07) is 0. The van der Waals surface area contributed by atoms with Gasteiger partial charge in [-0.05, 0) is 18.3 Å². The van der Waals surface area contributed by atoms with Gasteiger partial charge in [0.25, 0.3) is 5.92 Å². The predicted molar refractivity (Wildman–Crippen MR) is 34.6 cm³/mol. The maximum atomic E-state index is 13.2. The Morgan fingerprint density at radius 2 is 2.17 bits per heavy atom. The van der Waals surface area contributed by atoms with Crippen LogP contribution in [0.25, 0.3) is 0 Å². The standard InChI is InChI=1S/C8H8F2O2/c9-8(10)3-1-2-4(6(2)8)5(3)7(11)12/h2-6H,1H2,(H,11,12)/t2?,3-,4?,5+,6+/m1/s1. The van der Waals surface area contributed by atoms with Gasteiger partial charge < -0.3 is 5.11 Å². The van der Waals surface area contributed by atoms with Gasteiger partial charge in [-0.3, -0.25) is 4.79 Å². The van der Waals surface area contributed by atoms with E-state index in [2.05, 4.69) is 0 Å². The van der Waals surface area contributed by atoms with Crippen LogP contribution in [0.3, 0.4) is 0 Å². The Bertz CT molecular complexity index is 276. The van der Waals surface area contributed by atoms with Gasteiger partial charge in [0.15, 0.2) is 0 Å². The number of carbonyl (C=O) groups is 1. The zero-order valence-corrected chi connectivity index (χ0v) is 6.21. The lowest BCUT2D eigenvalue weighted by molar-refractivity contribution is -0.146. The smallest absolute Gasteiger partial charge is 0.307 e. The average molecular weight is 174 g/mol. The summed E-state index contributed by atoms with van der Waals surface area (Å²) >= 11 is 0. The van der Waals surface area contributed by atoms with Crippen molar-refractivity contribution in [1.82, 2.24) is 0 Å². The first-order valence-corrected chi connectivity index (χ1v) is 4.15. The summed E-state index contributed by atoms with van der Waals surface area (Å²) in [7, 11) is 0. The van der Waals surface area contributed by atoms with Crippen molar-refractivity contribution in [1.29, 1.82) is 0 Å². The molecule has 2 nitrogen and oxygen atoms in total. The summed E-state index contributed by atoms with van der Waals surface area (Å²) in [6.45, 7) is 0. The van der Waals surface area contributed by atoms with E-state index in [1.165, 1.54) is 0 Å². The van der Waals surface area contributed by atoms with Crippen LogP contribution < -0.4 is 0 Å². The van der Waals surface area contributed by atoms with Crippen molar-refractivity contribution >= 4 is 5.97 Å². The van der Waals surface area contributed by atoms with Gasteiger partial charge in [-0.1, -0.05) is 0 Å². The fourth-order valence-corrected chi connectivity index (χ4v) is 3.42. The molecule has 0 aromatic rings. The Morgan fingerprint density at radius 1 is 1.50 bits per heavy atom. The molecule has 4 heteroatoms. The molecule has 4 fully saturated rings. The number of rotatable bonds is 1. The third-order valence-electron chi connectivity index (χ3n) is 3.83. The maximum absolute atomic E-state index is 13.2. The van der Waals surface area contributed by atoms with Crippen molar-refractivity contribution in [2.75, 3.05) is 0 Å². The van der Waals surface area contributed by atoms with Crippen LogP contribution >= 0.6 is 0 Å². The van der Waals surface area contributed by atoms with E-state index in [0.717, 1.165) is 0 Å². The van der Waals surface area contributed by atoms with Crippen LogP contribution in [0.15, 0.2) is 0 Å². The van der Waals surface area contributed by atoms with E-state index in [1.807, 2.05) is 0 Å². The second-order valence-electron chi connectivity index (χ2n) is 4.15. The molecule has 0 aromatic heterocycles. The minimum Gasteiger partial charge on any atom is -0.481 e. The fraction of sp³-hybridized carbons (Fsp3) is 0.875. The molecule has 4 saturated carbocycles. The zero-order chi connectivity index (χ0) is 8.67. The Hall–Kier alpha value is -0.670. The van der Waals surface area contributed by atoms with E-state index in [1.54, 1.807) is 0 Å². The number of alkyl halides is 2. The summed E-state index contributed by atoms with van der Waals surface area (Å²) in [4.78, 5) is 10.6. The van der Waals surface area contributed by atoms with Crippen molar-refractivity contribution in [2.24, 2.45) is 29.6 Å². The highest BCUT2D eigenvalue weighted by molar-refractivity contribution is 5.73. The highest BCUT2D eigenvalue weighted by atomic mass is 19.3. The summed E-state index contributed by atoms with van der Waals surface area (Å²) in [5.74, 6) is -6.02. The first-order chi connectivity index (χ1) is 5.55. The molecule has 0 saturated heterocycles. The quantitative estimate of drug-likeness (QED) is 0.648. The topological polar surface area (TPSA) is 37.3 Å². The molecule has 66 valence electrons. The van der Waals surface area contributed by atoms with E-state index in [-0.39, 0.29) is 11.8 Å². The number of carboxylic acids is 1. The summed E-state index contributed by atoms with van der Waals surface area (Å²) in [5.41, 5.74) is 0. The minimum atomic E-state index is -2.67. The zero-order valence-electron chi connectivity index (χ0n) is 6.21. The minimum absolute atomic E-state index is 0.0334. The Kier molecular flexibility index (Phi) is 0.861. The third kappa shape index (κ3) is 0.465. The fourth-order valence-electron chi connectivity index (χ4n) is 3.42. The Balaban J connectivity index is 2.02. The number of halogens is 2. The van der Waals surface area contributed by atoms with Gasteiger partial charge in [-0.15, -0.1) is 0 Å². The van der Waals surface area contributed by atoms with E-state index in [0.29, 0.717) is 6.42 Å². The molecular formula is C8H8F2O2. The van der Waals surface area contributed by atoms with Gasteiger partial charge in [0.05, 0.1) is 5.92 Å². The van der Waals surface area contributed by atoms with Gasteiger partial charge in [-0.25, -0.2) is 8.78 Å². The van der Waals surface area contributed by atoms with Crippen molar-refractivity contribution < 1.29 is 18.7 Å². The molecule has 4 aliphatic carbocycles. The first-order valence-electron chi connectivity index (χ1n) is 4.15. The molecule has 0 heterocycles. The van der Waals surface area contributed by atoms with Crippen molar-refractivity contribution in [3.63, 3.8) is 0 Å². The molecule has 4 aliphatic rings. The number of carboxylic acid groups (broad SMARTS) is 1. The third-order valence-corrected chi connectivity index (χ3v) is 3.83. The molecule has 1 N–H and O–H groups in total. The molecule has 0 aromatic carbocycles. The van der Waals surface area contributed by atoms with Gasteiger partial charge >= 0.3 is 5.97 Å². The molecule has 5 atom stereocenters. The molecular weight excluding hydrogens is 166 g/mol. The lowest BCUT2D eigenvalue weighted by Crippen LogP contribution is -2.27. The number of aliphatic carboxylic acids is 1. The highest BCUT2D eigenvalue weighted by Gasteiger charge is 2.83. The van der Waals surface area contributed by atoms with Crippen molar-refractivity contribution in [2.45, 2.75) is 12.3 Å². The molecule has 0 radical (unpaired) electrons. The van der Waals surface area contributed by atoms with E-state index < -0.39 is 29.6 Å².